The van der Waals surface area contributed by atoms with Gasteiger partial charge in [-0.1, -0.05) is 13.0 Å². The van der Waals surface area contributed by atoms with Crippen molar-refractivity contribution >= 4 is 17.4 Å². The smallest absolute Gasteiger partial charge is 0.408 e. The molecule has 0 aliphatic heterocycles. The lowest BCUT2D eigenvalue weighted by Gasteiger charge is -2.43. The fourth-order valence-electron chi connectivity index (χ4n) is 2.72. The number of hydrogen-bond acceptors (Lipinski definition) is 4. The predicted molar refractivity (Wildman–Crippen MR) is 91.3 cm³/mol. The molecule has 1 amide bonds. The molecule has 1 saturated carbocycles. The van der Waals surface area contributed by atoms with Gasteiger partial charge in [-0.2, -0.15) is 0 Å². The van der Waals surface area contributed by atoms with Crippen LogP contribution in [0.15, 0.2) is 17.5 Å². The van der Waals surface area contributed by atoms with Crippen LogP contribution < -0.4 is 10.6 Å². The van der Waals surface area contributed by atoms with Gasteiger partial charge in [0.1, 0.15) is 5.60 Å². The van der Waals surface area contributed by atoms with Crippen molar-refractivity contribution in [1.82, 2.24) is 10.6 Å². The molecular formula is C17H28N2O2S. The zero-order valence-corrected chi connectivity index (χ0v) is 14.9. The van der Waals surface area contributed by atoms with Crippen LogP contribution in [0.4, 0.5) is 4.79 Å². The Bertz CT molecular complexity index is 475. The maximum Gasteiger partial charge on any atom is 0.408 e. The van der Waals surface area contributed by atoms with Crippen molar-refractivity contribution in [2.24, 2.45) is 0 Å². The van der Waals surface area contributed by atoms with Crippen molar-refractivity contribution in [3.8, 4) is 0 Å². The zero-order chi connectivity index (χ0) is 16.2. The second-order valence-electron chi connectivity index (χ2n) is 7.12. The number of rotatable bonds is 6. The van der Waals surface area contributed by atoms with E-state index in [4.69, 9.17) is 4.74 Å². The van der Waals surface area contributed by atoms with E-state index in [0.29, 0.717) is 6.04 Å². The molecule has 1 aliphatic carbocycles. The van der Waals surface area contributed by atoms with Gasteiger partial charge in [0.15, 0.2) is 0 Å². The average Bonchev–Trinajstić information content (AvgIpc) is 2.87. The van der Waals surface area contributed by atoms with Gasteiger partial charge in [-0.15, -0.1) is 11.3 Å². The molecule has 0 radical (unpaired) electrons. The molecule has 1 aromatic heterocycles. The largest absolute Gasteiger partial charge is 0.444 e. The standard InChI is InChI=1S/C17H28N2O2S/c1-5-13(14-8-6-11-22-14)18-12-17(9-7-10-17)19-15(20)21-16(2,3)4/h6,8,11,13,18H,5,7,9-10,12H2,1-4H3,(H,19,20). The van der Waals surface area contributed by atoms with Crippen molar-refractivity contribution in [1.29, 1.82) is 0 Å². The first-order chi connectivity index (χ1) is 10.3. The van der Waals surface area contributed by atoms with Gasteiger partial charge in [0, 0.05) is 17.5 Å². The molecule has 1 heterocycles. The van der Waals surface area contributed by atoms with Crippen molar-refractivity contribution in [3.05, 3.63) is 22.4 Å². The average molecular weight is 324 g/mol. The highest BCUT2D eigenvalue weighted by Crippen LogP contribution is 2.33. The van der Waals surface area contributed by atoms with Crippen LogP contribution in [0, 0.1) is 0 Å². The van der Waals surface area contributed by atoms with Gasteiger partial charge < -0.3 is 15.4 Å². The van der Waals surface area contributed by atoms with Crippen LogP contribution in [-0.2, 0) is 4.74 Å². The third-order valence-corrected chi connectivity index (χ3v) is 5.04. The predicted octanol–water partition coefficient (Wildman–Crippen LogP) is 4.24. The first-order valence-electron chi connectivity index (χ1n) is 8.11. The van der Waals surface area contributed by atoms with Gasteiger partial charge in [0.2, 0.25) is 0 Å². The molecule has 0 aromatic carbocycles. The summed E-state index contributed by atoms with van der Waals surface area (Å²) in [6.45, 7) is 8.65. The summed E-state index contributed by atoms with van der Waals surface area (Å²) >= 11 is 1.78. The van der Waals surface area contributed by atoms with Gasteiger partial charge in [0.25, 0.3) is 0 Å². The first-order valence-corrected chi connectivity index (χ1v) is 8.99. The van der Waals surface area contributed by atoms with E-state index in [-0.39, 0.29) is 11.6 Å². The monoisotopic (exact) mass is 324 g/mol. The van der Waals surface area contributed by atoms with E-state index in [2.05, 4.69) is 35.1 Å². The summed E-state index contributed by atoms with van der Waals surface area (Å²) in [6.07, 6.45) is 3.93. The summed E-state index contributed by atoms with van der Waals surface area (Å²) in [6, 6.07) is 4.61. The molecule has 1 atom stereocenters. The fraction of sp³-hybridized carbons (Fsp3) is 0.706. The van der Waals surface area contributed by atoms with E-state index in [9.17, 15) is 4.79 Å². The number of thiophene rings is 1. The molecule has 22 heavy (non-hydrogen) atoms. The highest BCUT2D eigenvalue weighted by molar-refractivity contribution is 7.10. The van der Waals surface area contributed by atoms with Gasteiger partial charge >= 0.3 is 6.09 Å². The van der Waals surface area contributed by atoms with Crippen LogP contribution in [0.5, 0.6) is 0 Å². The zero-order valence-electron chi connectivity index (χ0n) is 14.1. The van der Waals surface area contributed by atoms with E-state index in [1.807, 2.05) is 20.8 Å². The normalized spacial score (nSPS) is 18.4. The molecule has 4 nitrogen and oxygen atoms in total. The van der Waals surface area contributed by atoms with E-state index < -0.39 is 5.60 Å². The Morgan fingerprint density at radius 1 is 1.45 bits per heavy atom. The summed E-state index contributed by atoms with van der Waals surface area (Å²) in [5.74, 6) is 0. The van der Waals surface area contributed by atoms with E-state index in [1.165, 1.54) is 4.88 Å². The van der Waals surface area contributed by atoms with Crippen molar-refractivity contribution in [2.75, 3.05) is 6.54 Å². The molecule has 0 spiro atoms. The summed E-state index contributed by atoms with van der Waals surface area (Å²) in [5.41, 5.74) is -0.599. The van der Waals surface area contributed by atoms with Gasteiger partial charge in [0.05, 0.1) is 5.54 Å². The molecule has 2 N–H and O–H groups in total. The third kappa shape index (κ3) is 4.71. The lowest BCUT2D eigenvalue weighted by atomic mass is 9.76. The molecular weight excluding hydrogens is 296 g/mol. The van der Waals surface area contributed by atoms with Gasteiger partial charge in [-0.3, -0.25) is 0 Å². The van der Waals surface area contributed by atoms with E-state index >= 15 is 0 Å². The summed E-state index contributed by atoms with van der Waals surface area (Å²) in [5, 5.41) is 8.82. The minimum atomic E-state index is -0.453. The Labute approximate surface area is 137 Å². The Kier molecular flexibility index (Phi) is 5.50. The van der Waals surface area contributed by atoms with Crippen molar-refractivity contribution < 1.29 is 9.53 Å². The van der Waals surface area contributed by atoms with Crippen LogP contribution in [0.2, 0.25) is 0 Å². The molecule has 124 valence electrons. The molecule has 1 aromatic rings. The lowest BCUT2D eigenvalue weighted by Crippen LogP contribution is -2.60. The van der Waals surface area contributed by atoms with E-state index in [1.54, 1.807) is 11.3 Å². The number of ether oxygens (including phenoxy) is 1. The topological polar surface area (TPSA) is 50.4 Å². The number of alkyl carbamates (subject to hydrolysis) is 1. The summed E-state index contributed by atoms with van der Waals surface area (Å²) < 4.78 is 5.40. The highest BCUT2D eigenvalue weighted by Gasteiger charge is 2.39. The van der Waals surface area contributed by atoms with Gasteiger partial charge in [-0.25, -0.2) is 4.79 Å². The van der Waals surface area contributed by atoms with Crippen molar-refractivity contribution in [2.45, 2.75) is 70.6 Å². The summed E-state index contributed by atoms with van der Waals surface area (Å²) in [7, 11) is 0. The van der Waals surface area contributed by atoms with Crippen molar-refractivity contribution in [3.63, 3.8) is 0 Å². The lowest BCUT2D eigenvalue weighted by molar-refractivity contribution is 0.0379. The van der Waals surface area contributed by atoms with Crippen LogP contribution in [0.25, 0.3) is 0 Å². The first kappa shape index (κ1) is 17.3. The quantitative estimate of drug-likeness (QED) is 0.823. The molecule has 1 aliphatic rings. The maximum absolute atomic E-state index is 12.1. The van der Waals surface area contributed by atoms with Crippen LogP contribution in [-0.4, -0.2) is 23.8 Å². The second kappa shape index (κ2) is 7.01. The van der Waals surface area contributed by atoms with E-state index in [0.717, 1.165) is 32.2 Å². The molecule has 2 rings (SSSR count). The minimum Gasteiger partial charge on any atom is -0.444 e. The highest BCUT2D eigenvalue weighted by atomic mass is 32.1. The van der Waals surface area contributed by atoms with Crippen LogP contribution >= 0.6 is 11.3 Å². The molecule has 5 heteroatoms. The molecule has 1 fully saturated rings. The Hall–Kier alpha value is -1.07. The fourth-order valence-corrected chi connectivity index (χ4v) is 3.61. The SMILES string of the molecule is CCC(NCC1(NC(=O)OC(C)(C)C)CCC1)c1cccs1. The number of hydrogen-bond donors (Lipinski definition) is 2. The molecule has 0 bridgehead atoms. The Morgan fingerprint density at radius 3 is 2.64 bits per heavy atom. The number of nitrogens with one attached hydrogen (secondary N) is 2. The summed E-state index contributed by atoms with van der Waals surface area (Å²) in [4.78, 5) is 13.4. The Balaban J connectivity index is 1.89. The number of amides is 1. The van der Waals surface area contributed by atoms with Gasteiger partial charge in [-0.05, 0) is 57.9 Å². The Morgan fingerprint density at radius 2 is 2.18 bits per heavy atom. The number of carbonyl (C=O) groups excluding carboxylic acids is 1. The third-order valence-electron chi connectivity index (χ3n) is 4.06. The minimum absolute atomic E-state index is 0.146. The van der Waals surface area contributed by atoms with Crippen LogP contribution in [0.1, 0.15) is 64.3 Å². The second-order valence-corrected chi connectivity index (χ2v) is 8.10. The van der Waals surface area contributed by atoms with Crippen LogP contribution in [0.3, 0.4) is 0 Å². The molecule has 0 saturated heterocycles. The number of carbonyl (C=O) groups is 1. The molecule has 1 unspecified atom stereocenters. The maximum atomic E-state index is 12.1.